The molecule has 0 unspecified atom stereocenters. The van der Waals surface area contributed by atoms with Crippen LogP contribution in [-0.2, 0) is 27.4 Å². The van der Waals surface area contributed by atoms with Gasteiger partial charge in [-0.1, -0.05) is 41.6 Å². The van der Waals surface area contributed by atoms with Gasteiger partial charge in [-0.2, -0.15) is 0 Å². The number of rotatable bonds is 12. The molecule has 3 aromatic carbocycles. The number of methoxy groups -OCH3 is 3. The van der Waals surface area contributed by atoms with Crippen LogP contribution in [0.15, 0.2) is 66.7 Å². The van der Waals surface area contributed by atoms with Crippen LogP contribution in [0.2, 0.25) is 0 Å². The van der Waals surface area contributed by atoms with Crippen molar-refractivity contribution in [1.82, 2.24) is 25.2 Å². The molecular weight excluding hydrogens is 538 g/mol. The van der Waals surface area contributed by atoms with Crippen LogP contribution < -0.4 is 19.5 Å². The summed E-state index contributed by atoms with van der Waals surface area (Å²) < 4.78 is 23.9. The molecule has 0 saturated carbocycles. The van der Waals surface area contributed by atoms with Crippen LogP contribution in [0.3, 0.4) is 0 Å². The highest BCUT2D eigenvalue weighted by Gasteiger charge is 2.34. The van der Waals surface area contributed by atoms with Gasteiger partial charge in [-0.3, -0.25) is 9.59 Å². The zero-order valence-corrected chi connectivity index (χ0v) is 24.0. The van der Waals surface area contributed by atoms with Crippen LogP contribution in [0, 0.1) is 0 Å². The van der Waals surface area contributed by atoms with E-state index in [0.717, 1.165) is 18.4 Å². The first-order valence-electron chi connectivity index (χ1n) is 13.8. The summed E-state index contributed by atoms with van der Waals surface area (Å²) in [5.41, 5.74) is 2.69. The Balaban J connectivity index is 1.56. The largest absolute Gasteiger partial charge is 0.496 e. The Morgan fingerprint density at radius 1 is 1.00 bits per heavy atom. The molecule has 1 aliphatic heterocycles. The molecule has 4 aromatic rings. The van der Waals surface area contributed by atoms with Gasteiger partial charge in [0, 0.05) is 18.7 Å². The number of para-hydroxylation sites is 2. The summed E-state index contributed by atoms with van der Waals surface area (Å²) >= 11 is 0. The fraction of sp³-hybridized carbons (Fsp3) is 0.355. The second-order valence-electron chi connectivity index (χ2n) is 9.97. The van der Waals surface area contributed by atoms with Crippen molar-refractivity contribution in [1.29, 1.82) is 0 Å². The van der Waals surface area contributed by atoms with Gasteiger partial charge in [-0.25, -0.2) is 4.68 Å². The number of hydrogen-bond donors (Lipinski definition) is 1. The summed E-state index contributed by atoms with van der Waals surface area (Å²) in [6.45, 7) is 0.983. The van der Waals surface area contributed by atoms with Crippen LogP contribution in [0.1, 0.15) is 30.0 Å². The third-order valence-electron chi connectivity index (χ3n) is 7.37. The second-order valence-corrected chi connectivity index (χ2v) is 9.97. The maximum atomic E-state index is 14.3. The molecule has 11 heteroatoms. The summed E-state index contributed by atoms with van der Waals surface area (Å²) in [5, 5.41) is 11.4. The summed E-state index contributed by atoms with van der Waals surface area (Å²) in [6.07, 6.45) is 1.74. The Kier molecular flexibility index (Phi) is 9.18. The standard InChI is InChI=1S/C31H35N5O6/c1-39-26-13-7-4-9-22(26)19-35(29(37)20-36-25-12-6-5-11-24(25)33-34-36)30(31(38)32-18-23-10-8-16-42-23)21-14-15-27(40-2)28(17-21)41-3/h4-7,9,11-15,17,23,30H,8,10,16,18-20H2,1-3H3,(H,32,38)/t23-,30+/m1/s1. The molecule has 1 saturated heterocycles. The molecule has 0 aliphatic carbocycles. The lowest BCUT2D eigenvalue weighted by Crippen LogP contribution is -2.46. The second kappa shape index (κ2) is 13.3. The normalized spacial score (nSPS) is 15.3. The van der Waals surface area contributed by atoms with Crippen LogP contribution in [0.5, 0.6) is 17.2 Å². The molecule has 2 amide bonds. The Hall–Kier alpha value is -4.64. The zero-order chi connectivity index (χ0) is 29.5. The van der Waals surface area contributed by atoms with Crippen molar-refractivity contribution < 1.29 is 28.5 Å². The van der Waals surface area contributed by atoms with Crippen molar-refractivity contribution in [3.8, 4) is 17.2 Å². The number of carbonyl (C=O) groups is 2. The average Bonchev–Trinajstić information content (AvgIpc) is 3.70. The molecule has 0 spiro atoms. The number of amides is 2. The van der Waals surface area contributed by atoms with Crippen molar-refractivity contribution in [3.05, 3.63) is 77.9 Å². The molecular formula is C31H35N5O6. The monoisotopic (exact) mass is 573 g/mol. The van der Waals surface area contributed by atoms with Crippen LogP contribution in [0.25, 0.3) is 11.0 Å². The molecule has 0 radical (unpaired) electrons. The number of benzene rings is 3. The van der Waals surface area contributed by atoms with Crippen molar-refractivity contribution in [3.63, 3.8) is 0 Å². The van der Waals surface area contributed by atoms with Gasteiger partial charge in [0.2, 0.25) is 11.8 Å². The number of fused-ring (bicyclic) bond motifs is 1. The number of carbonyl (C=O) groups excluding carboxylic acids is 2. The Morgan fingerprint density at radius 3 is 2.52 bits per heavy atom. The Morgan fingerprint density at radius 2 is 1.76 bits per heavy atom. The minimum atomic E-state index is -1.02. The maximum Gasteiger partial charge on any atom is 0.247 e. The van der Waals surface area contributed by atoms with Crippen molar-refractivity contribution >= 4 is 22.8 Å². The number of ether oxygens (including phenoxy) is 4. The molecule has 2 heterocycles. The predicted octanol–water partition coefficient (Wildman–Crippen LogP) is 3.52. The molecule has 1 aromatic heterocycles. The highest BCUT2D eigenvalue weighted by molar-refractivity contribution is 5.89. The smallest absolute Gasteiger partial charge is 0.247 e. The molecule has 42 heavy (non-hydrogen) atoms. The van der Waals surface area contributed by atoms with Crippen LogP contribution in [0.4, 0.5) is 0 Å². The molecule has 2 atom stereocenters. The molecule has 5 rings (SSSR count). The lowest BCUT2D eigenvalue weighted by molar-refractivity contribution is -0.142. The highest BCUT2D eigenvalue weighted by atomic mass is 16.5. The minimum Gasteiger partial charge on any atom is -0.496 e. The third-order valence-corrected chi connectivity index (χ3v) is 7.37. The van der Waals surface area contributed by atoms with Crippen molar-refractivity contribution in [2.75, 3.05) is 34.5 Å². The van der Waals surface area contributed by atoms with Gasteiger partial charge in [0.15, 0.2) is 11.5 Å². The SMILES string of the molecule is COc1ccccc1CN(C(=O)Cn1nnc2ccccc21)[C@H](C(=O)NC[C@H]1CCCO1)c1ccc(OC)c(OC)c1. The lowest BCUT2D eigenvalue weighted by Gasteiger charge is -2.32. The molecule has 1 N–H and O–H groups in total. The van der Waals surface area contributed by atoms with E-state index in [9.17, 15) is 9.59 Å². The van der Waals surface area contributed by atoms with Gasteiger partial charge in [0.1, 0.15) is 23.9 Å². The van der Waals surface area contributed by atoms with E-state index in [0.29, 0.717) is 47.0 Å². The van der Waals surface area contributed by atoms with Gasteiger partial charge in [0.25, 0.3) is 0 Å². The lowest BCUT2D eigenvalue weighted by atomic mass is 10.0. The van der Waals surface area contributed by atoms with Crippen LogP contribution >= 0.6 is 0 Å². The fourth-order valence-electron chi connectivity index (χ4n) is 5.21. The first kappa shape index (κ1) is 28.9. The number of nitrogens with zero attached hydrogens (tertiary/aromatic N) is 4. The maximum absolute atomic E-state index is 14.3. The summed E-state index contributed by atoms with van der Waals surface area (Å²) in [5.74, 6) is 0.885. The van der Waals surface area contributed by atoms with E-state index in [1.807, 2.05) is 48.5 Å². The number of aromatic nitrogens is 3. The van der Waals surface area contributed by atoms with E-state index < -0.39 is 6.04 Å². The third kappa shape index (κ3) is 6.31. The van der Waals surface area contributed by atoms with E-state index >= 15 is 0 Å². The van der Waals surface area contributed by atoms with E-state index in [1.165, 1.54) is 7.11 Å². The summed E-state index contributed by atoms with van der Waals surface area (Å²) in [6, 6.07) is 19.1. The summed E-state index contributed by atoms with van der Waals surface area (Å²) in [4.78, 5) is 29.9. The Labute approximate surface area is 244 Å². The average molecular weight is 574 g/mol. The van der Waals surface area contributed by atoms with Crippen molar-refractivity contribution in [2.24, 2.45) is 0 Å². The van der Waals surface area contributed by atoms with Crippen molar-refractivity contribution in [2.45, 2.75) is 38.1 Å². The molecule has 1 aliphatic rings. The van der Waals surface area contributed by atoms with Gasteiger partial charge in [-0.15, -0.1) is 5.10 Å². The van der Waals surface area contributed by atoms with Gasteiger partial charge >= 0.3 is 0 Å². The molecule has 0 bridgehead atoms. The van der Waals surface area contributed by atoms with E-state index in [1.54, 1.807) is 42.0 Å². The first-order chi connectivity index (χ1) is 20.5. The molecule has 220 valence electrons. The first-order valence-corrected chi connectivity index (χ1v) is 13.8. The predicted molar refractivity (Wildman–Crippen MR) is 155 cm³/mol. The van der Waals surface area contributed by atoms with E-state index in [-0.39, 0.29) is 31.0 Å². The quantitative estimate of drug-likeness (QED) is 0.274. The van der Waals surface area contributed by atoms with Gasteiger partial charge < -0.3 is 29.2 Å². The van der Waals surface area contributed by atoms with Gasteiger partial charge in [0.05, 0.1) is 39.5 Å². The minimum absolute atomic E-state index is 0.0696. The Bertz CT molecular complexity index is 1530. The molecule has 1 fully saturated rings. The number of nitrogens with one attached hydrogen (secondary N) is 1. The summed E-state index contributed by atoms with van der Waals surface area (Å²) in [7, 11) is 4.65. The molecule has 11 nitrogen and oxygen atoms in total. The van der Waals surface area contributed by atoms with E-state index in [2.05, 4.69) is 15.6 Å². The van der Waals surface area contributed by atoms with Crippen LogP contribution in [-0.4, -0.2) is 72.3 Å². The fourth-order valence-corrected chi connectivity index (χ4v) is 5.21. The topological polar surface area (TPSA) is 117 Å². The van der Waals surface area contributed by atoms with Gasteiger partial charge in [-0.05, 0) is 48.7 Å². The zero-order valence-electron chi connectivity index (χ0n) is 24.0. The highest BCUT2D eigenvalue weighted by Crippen LogP contribution is 2.34. The van der Waals surface area contributed by atoms with E-state index in [4.69, 9.17) is 18.9 Å². The number of hydrogen-bond acceptors (Lipinski definition) is 8.